The molecule has 1 fully saturated rings. The highest BCUT2D eigenvalue weighted by Crippen LogP contribution is 2.17. The third kappa shape index (κ3) is 4.68. The van der Waals surface area contributed by atoms with E-state index in [9.17, 15) is 4.79 Å². The zero-order valence-electron chi connectivity index (χ0n) is 7.74. The van der Waals surface area contributed by atoms with E-state index in [0.29, 0.717) is 5.92 Å². The fourth-order valence-electron chi connectivity index (χ4n) is 1.47. The van der Waals surface area contributed by atoms with Crippen LogP contribution < -0.4 is 0 Å². The van der Waals surface area contributed by atoms with Crippen molar-refractivity contribution in [3.8, 4) is 0 Å². The maximum atomic E-state index is 10.2. The van der Waals surface area contributed by atoms with Gasteiger partial charge in [-0.25, -0.2) is 0 Å². The number of ether oxygens (including phenoxy) is 1. The van der Waals surface area contributed by atoms with Crippen molar-refractivity contribution in [3.63, 3.8) is 0 Å². The summed E-state index contributed by atoms with van der Waals surface area (Å²) in [5.41, 5.74) is 0. The molecule has 1 atom stereocenters. The van der Waals surface area contributed by atoms with Gasteiger partial charge in [-0.3, -0.25) is 4.79 Å². The monoisotopic (exact) mass is 184 g/mol. The molecule has 1 heterocycles. The standard InChI is InChI=1S/C10H16O3/c11-10(12)6-2-1-4-9-5-3-7-13-8-9/h1-2,9H,3-8H2,(H,11,12)/b2-1-. The van der Waals surface area contributed by atoms with Crippen molar-refractivity contribution >= 4 is 5.97 Å². The number of aliphatic carboxylic acids is 1. The smallest absolute Gasteiger partial charge is 0.307 e. The van der Waals surface area contributed by atoms with E-state index in [1.165, 1.54) is 6.42 Å². The van der Waals surface area contributed by atoms with Crippen LogP contribution in [0.4, 0.5) is 0 Å². The SMILES string of the molecule is O=C(O)C/C=C\CC1CCCOC1. The van der Waals surface area contributed by atoms with Gasteiger partial charge < -0.3 is 9.84 Å². The Bertz CT molecular complexity index is 181. The summed E-state index contributed by atoms with van der Waals surface area (Å²) in [5.74, 6) is -0.171. The number of hydrogen-bond donors (Lipinski definition) is 1. The third-order valence-corrected chi connectivity index (χ3v) is 2.18. The second kappa shape index (κ2) is 5.75. The first-order valence-corrected chi connectivity index (χ1v) is 4.73. The van der Waals surface area contributed by atoms with Crippen LogP contribution in [0.2, 0.25) is 0 Å². The van der Waals surface area contributed by atoms with E-state index in [-0.39, 0.29) is 6.42 Å². The van der Waals surface area contributed by atoms with Crippen LogP contribution in [0.25, 0.3) is 0 Å². The second-order valence-corrected chi connectivity index (χ2v) is 3.39. The van der Waals surface area contributed by atoms with Crippen molar-refractivity contribution < 1.29 is 14.6 Å². The molecule has 0 aliphatic carbocycles. The molecule has 0 spiro atoms. The fraction of sp³-hybridized carbons (Fsp3) is 0.700. The number of hydrogen-bond acceptors (Lipinski definition) is 2. The lowest BCUT2D eigenvalue weighted by Crippen LogP contribution is -2.16. The van der Waals surface area contributed by atoms with Crippen molar-refractivity contribution in [2.24, 2.45) is 5.92 Å². The maximum Gasteiger partial charge on any atom is 0.307 e. The van der Waals surface area contributed by atoms with E-state index in [1.54, 1.807) is 6.08 Å². The number of allylic oxidation sites excluding steroid dienone is 1. The summed E-state index contributed by atoms with van der Waals surface area (Å²) in [5, 5.41) is 8.37. The predicted molar refractivity (Wildman–Crippen MR) is 49.6 cm³/mol. The van der Waals surface area contributed by atoms with Gasteiger partial charge in [0.1, 0.15) is 0 Å². The molecule has 0 saturated carbocycles. The molecule has 1 saturated heterocycles. The minimum Gasteiger partial charge on any atom is -0.481 e. The zero-order chi connectivity index (χ0) is 9.52. The van der Waals surface area contributed by atoms with Crippen LogP contribution in [-0.4, -0.2) is 24.3 Å². The number of carboxylic acids is 1. The Morgan fingerprint density at radius 1 is 1.54 bits per heavy atom. The Labute approximate surface area is 78.4 Å². The second-order valence-electron chi connectivity index (χ2n) is 3.39. The van der Waals surface area contributed by atoms with Crippen LogP contribution in [-0.2, 0) is 9.53 Å². The van der Waals surface area contributed by atoms with Gasteiger partial charge in [-0.15, -0.1) is 0 Å². The first-order chi connectivity index (χ1) is 6.29. The Morgan fingerprint density at radius 3 is 3.00 bits per heavy atom. The number of carbonyl (C=O) groups is 1. The van der Waals surface area contributed by atoms with Crippen molar-refractivity contribution in [2.45, 2.75) is 25.7 Å². The summed E-state index contributed by atoms with van der Waals surface area (Å²) in [7, 11) is 0. The molecule has 3 nitrogen and oxygen atoms in total. The summed E-state index contributed by atoms with van der Waals surface area (Å²) in [4.78, 5) is 10.2. The van der Waals surface area contributed by atoms with E-state index in [1.807, 2.05) is 6.08 Å². The summed E-state index contributed by atoms with van der Waals surface area (Å²) >= 11 is 0. The van der Waals surface area contributed by atoms with Crippen molar-refractivity contribution in [3.05, 3.63) is 12.2 Å². The molecule has 0 amide bonds. The molecule has 1 unspecified atom stereocenters. The molecule has 3 heteroatoms. The minimum absolute atomic E-state index is 0.133. The molecule has 1 rings (SSSR count). The number of carboxylic acid groups (broad SMARTS) is 1. The molecule has 74 valence electrons. The van der Waals surface area contributed by atoms with Crippen LogP contribution in [0.1, 0.15) is 25.7 Å². The highest BCUT2D eigenvalue weighted by atomic mass is 16.5. The molecule has 0 radical (unpaired) electrons. The Kier molecular flexibility index (Phi) is 4.54. The average molecular weight is 184 g/mol. The molecule has 1 aliphatic heterocycles. The summed E-state index contributed by atoms with van der Waals surface area (Å²) in [6.07, 6.45) is 7.10. The molecule has 0 aromatic rings. The van der Waals surface area contributed by atoms with Crippen molar-refractivity contribution in [1.82, 2.24) is 0 Å². The van der Waals surface area contributed by atoms with Gasteiger partial charge in [0.25, 0.3) is 0 Å². The van der Waals surface area contributed by atoms with Crippen molar-refractivity contribution in [1.29, 1.82) is 0 Å². The normalized spacial score (nSPS) is 23.5. The first-order valence-electron chi connectivity index (χ1n) is 4.73. The molecule has 0 bridgehead atoms. The third-order valence-electron chi connectivity index (χ3n) is 2.18. The average Bonchev–Trinajstić information content (AvgIpc) is 2.14. The van der Waals surface area contributed by atoms with Gasteiger partial charge >= 0.3 is 5.97 Å². The van der Waals surface area contributed by atoms with Crippen LogP contribution in [0.5, 0.6) is 0 Å². The van der Waals surface area contributed by atoms with Crippen LogP contribution in [0.15, 0.2) is 12.2 Å². The lowest BCUT2D eigenvalue weighted by molar-refractivity contribution is -0.136. The summed E-state index contributed by atoms with van der Waals surface area (Å²) < 4.78 is 5.31. The zero-order valence-corrected chi connectivity index (χ0v) is 7.74. The highest BCUT2D eigenvalue weighted by Gasteiger charge is 2.11. The van der Waals surface area contributed by atoms with E-state index in [4.69, 9.17) is 9.84 Å². The summed E-state index contributed by atoms with van der Waals surface area (Å²) in [6, 6.07) is 0. The predicted octanol–water partition coefficient (Wildman–Crippen LogP) is 1.83. The van der Waals surface area contributed by atoms with Crippen molar-refractivity contribution in [2.75, 3.05) is 13.2 Å². The minimum atomic E-state index is -0.767. The van der Waals surface area contributed by atoms with Crippen LogP contribution in [0.3, 0.4) is 0 Å². The Hall–Kier alpha value is -0.830. The van der Waals surface area contributed by atoms with Gasteiger partial charge in [-0.1, -0.05) is 12.2 Å². The highest BCUT2D eigenvalue weighted by molar-refractivity contribution is 5.68. The maximum absolute atomic E-state index is 10.2. The van der Waals surface area contributed by atoms with Gasteiger partial charge in [0.2, 0.25) is 0 Å². The fourth-order valence-corrected chi connectivity index (χ4v) is 1.47. The lowest BCUT2D eigenvalue weighted by Gasteiger charge is -2.20. The van der Waals surface area contributed by atoms with E-state index < -0.39 is 5.97 Å². The van der Waals surface area contributed by atoms with Crippen LogP contribution in [0, 0.1) is 5.92 Å². The van der Waals surface area contributed by atoms with E-state index in [2.05, 4.69) is 0 Å². The van der Waals surface area contributed by atoms with Gasteiger partial charge in [-0.2, -0.15) is 0 Å². The largest absolute Gasteiger partial charge is 0.481 e. The first kappa shape index (κ1) is 10.3. The van der Waals surface area contributed by atoms with Gasteiger partial charge in [0.15, 0.2) is 0 Å². The van der Waals surface area contributed by atoms with Gasteiger partial charge in [0.05, 0.1) is 6.42 Å². The lowest BCUT2D eigenvalue weighted by atomic mass is 9.98. The molecular formula is C10H16O3. The molecule has 1 N–H and O–H groups in total. The quantitative estimate of drug-likeness (QED) is 0.678. The van der Waals surface area contributed by atoms with Gasteiger partial charge in [0, 0.05) is 13.2 Å². The topological polar surface area (TPSA) is 46.5 Å². The Balaban J connectivity index is 2.09. The number of rotatable bonds is 4. The molecule has 1 aliphatic rings. The molecule has 13 heavy (non-hydrogen) atoms. The van der Waals surface area contributed by atoms with E-state index in [0.717, 1.165) is 26.1 Å². The molecule has 0 aromatic carbocycles. The van der Waals surface area contributed by atoms with Crippen LogP contribution >= 0.6 is 0 Å². The Morgan fingerprint density at radius 2 is 2.38 bits per heavy atom. The molecular weight excluding hydrogens is 168 g/mol. The van der Waals surface area contributed by atoms with E-state index >= 15 is 0 Å². The van der Waals surface area contributed by atoms with Gasteiger partial charge in [-0.05, 0) is 25.2 Å². The summed E-state index contributed by atoms with van der Waals surface area (Å²) in [6.45, 7) is 1.72. The molecule has 0 aromatic heterocycles.